The molecule has 0 fully saturated rings. The SMILES string of the molecule is COC(=O)c1c(-c2ccc(F)cc2)nc(OS(=O)(=O)c2ccc(Cl)cc2)nc1C(C)C. The van der Waals surface area contributed by atoms with Gasteiger partial charge in [0.1, 0.15) is 16.3 Å². The summed E-state index contributed by atoms with van der Waals surface area (Å²) < 4.78 is 48.8. The Labute approximate surface area is 184 Å². The minimum absolute atomic E-state index is 0.0420. The second kappa shape index (κ2) is 8.99. The Hall–Kier alpha value is -3.04. The fourth-order valence-corrected chi connectivity index (χ4v) is 3.74. The Morgan fingerprint density at radius 1 is 1.03 bits per heavy atom. The van der Waals surface area contributed by atoms with Crippen molar-refractivity contribution < 1.29 is 26.5 Å². The van der Waals surface area contributed by atoms with Crippen LogP contribution < -0.4 is 4.18 Å². The first-order chi connectivity index (χ1) is 14.6. The van der Waals surface area contributed by atoms with E-state index in [1.807, 2.05) is 0 Å². The number of benzene rings is 2. The molecule has 1 aromatic heterocycles. The van der Waals surface area contributed by atoms with Crippen LogP contribution in [0.3, 0.4) is 0 Å². The van der Waals surface area contributed by atoms with Gasteiger partial charge in [0.25, 0.3) is 0 Å². The summed E-state index contributed by atoms with van der Waals surface area (Å²) in [6.45, 7) is 3.53. The molecular formula is C21H18ClFN2O5S. The standard InChI is InChI=1S/C21H18ClFN2O5S/c1-12(2)18-17(20(26)29-3)19(13-4-8-15(23)9-5-13)25-21(24-18)30-31(27,28)16-10-6-14(22)7-11-16/h4-12H,1-3H3. The minimum Gasteiger partial charge on any atom is -0.465 e. The summed E-state index contributed by atoms with van der Waals surface area (Å²) in [6, 6.07) is 10.1. The van der Waals surface area contributed by atoms with Gasteiger partial charge in [-0.3, -0.25) is 0 Å². The molecule has 0 saturated carbocycles. The first-order valence-electron chi connectivity index (χ1n) is 9.08. The van der Waals surface area contributed by atoms with Crippen molar-refractivity contribution in [1.82, 2.24) is 9.97 Å². The molecule has 162 valence electrons. The normalized spacial score (nSPS) is 11.4. The van der Waals surface area contributed by atoms with E-state index in [-0.39, 0.29) is 27.8 Å². The van der Waals surface area contributed by atoms with Crippen LogP contribution in [0.15, 0.2) is 53.4 Å². The van der Waals surface area contributed by atoms with E-state index < -0.39 is 27.9 Å². The summed E-state index contributed by atoms with van der Waals surface area (Å²) in [6.07, 6.45) is 0. The van der Waals surface area contributed by atoms with Gasteiger partial charge < -0.3 is 8.92 Å². The fourth-order valence-electron chi connectivity index (χ4n) is 2.78. The maximum Gasteiger partial charge on any atom is 0.341 e. The van der Waals surface area contributed by atoms with Crippen molar-refractivity contribution in [3.63, 3.8) is 0 Å². The minimum atomic E-state index is -4.28. The molecule has 2 aromatic carbocycles. The number of ether oxygens (including phenoxy) is 1. The number of carbonyl (C=O) groups excluding carboxylic acids is 1. The number of rotatable bonds is 6. The molecule has 3 rings (SSSR count). The molecule has 0 atom stereocenters. The lowest BCUT2D eigenvalue weighted by Crippen LogP contribution is -2.17. The highest BCUT2D eigenvalue weighted by Gasteiger charge is 2.27. The highest BCUT2D eigenvalue weighted by molar-refractivity contribution is 7.87. The number of hydrogen-bond acceptors (Lipinski definition) is 7. The molecule has 0 radical (unpaired) electrons. The van der Waals surface area contributed by atoms with Crippen molar-refractivity contribution >= 4 is 27.7 Å². The van der Waals surface area contributed by atoms with Gasteiger partial charge in [0.15, 0.2) is 0 Å². The van der Waals surface area contributed by atoms with Gasteiger partial charge in [-0.2, -0.15) is 18.4 Å². The predicted molar refractivity (Wildman–Crippen MR) is 112 cm³/mol. The van der Waals surface area contributed by atoms with E-state index >= 15 is 0 Å². The smallest absolute Gasteiger partial charge is 0.341 e. The summed E-state index contributed by atoms with van der Waals surface area (Å²) in [5.74, 6) is -1.50. The van der Waals surface area contributed by atoms with E-state index in [1.54, 1.807) is 13.8 Å². The van der Waals surface area contributed by atoms with E-state index in [0.29, 0.717) is 10.6 Å². The van der Waals surface area contributed by atoms with E-state index in [1.165, 1.54) is 55.6 Å². The lowest BCUT2D eigenvalue weighted by atomic mass is 9.98. The average Bonchev–Trinajstić information content (AvgIpc) is 2.73. The molecule has 31 heavy (non-hydrogen) atoms. The van der Waals surface area contributed by atoms with Crippen molar-refractivity contribution in [3.8, 4) is 17.3 Å². The quantitative estimate of drug-likeness (QED) is 0.388. The lowest BCUT2D eigenvalue weighted by Gasteiger charge is -2.16. The highest BCUT2D eigenvalue weighted by atomic mass is 35.5. The Morgan fingerprint density at radius 3 is 2.19 bits per heavy atom. The molecule has 1 heterocycles. The molecule has 10 heteroatoms. The maximum atomic E-state index is 13.4. The Bertz CT molecular complexity index is 1210. The zero-order valence-corrected chi connectivity index (χ0v) is 18.4. The van der Waals surface area contributed by atoms with Gasteiger partial charge in [0, 0.05) is 10.6 Å². The maximum absolute atomic E-state index is 13.4. The van der Waals surface area contributed by atoms with Crippen LogP contribution in [0.4, 0.5) is 4.39 Å². The van der Waals surface area contributed by atoms with Crippen molar-refractivity contribution in [2.45, 2.75) is 24.7 Å². The van der Waals surface area contributed by atoms with Gasteiger partial charge >= 0.3 is 22.1 Å². The zero-order chi connectivity index (χ0) is 22.8. The van der Waals surface area contributed by atoms with Crippen LogP contribution in [0.25, 0.3) is 11.3 Å². The Kier molecular flexibility index (Phi) is 6.56. The van der Waals surface area contributed by atoms with Crippen LogP contribution in [0, 0.1) is 5.82 Å². The van der Waals surface area contributed by atoms with Crippen molar-refractivity contribution in [2.24, 2.45) is 0 Å². The third-order valence-corrected chi connectivity index (χ3v) is 5.73. The number of carbonyl (C=O) groups is 1. The van der Waals surface area contributed by atoms with E-state index in [2.05, 4.69) is 9.97 Å². The van der Waals surface area contributed by atoms with Gasteiger partial charge in [-0.25, -0.2) is 9.18 Å². The third-order valence-electron chi connectivity index (χ3n) is 4.26. The molecule has 0 aliphatic rings. The van der Waals surface area contributed by atoms with Gasteiger partial charge in [-0.05, 0) is 54.4 Å². The molecule has 7 nitrogen and oxygen atoms in total. The molecule has 0 aliphatic heterocycles. The van der Waals surface area contributed by atoms with Gasteiger partial charge in [-0.15, -0.1) is 0 Å². The van der Waals surface area contributed by atoms with Gasteiger partial charge in [-0.1, -0.05) is 25.4 Å². The fraction of sp³-hybridized carbons (Fsp3) is 0.190. The number of aromatic nitrogens is 2. The molecule has 0 aliphatic carbocycles. The Morgan fingerprint density at radius 2 is 1.65 bits per heavy atom. The lowest BCUT2D eigenvalue weighted by molar-refractivity contribution is 0.0598. The molecular weight excluding hydrogens is 447 g/mol. The number of esters is 1. The summed E-state index contributed by atoms with van der Waals surface area (Å²) in [7, 11) is -3.07. The molecule has 3 aromatic rings. The molecule has 0 saturated heterocycles. The summed E-state index contributed by atoms with van der Waals surface area (Å²) in [5.41, 5.74) is 0.689. The van der Waals surface area contributed by atoms with Gasteiger partial charge in [0.05, 0.1) is 18.5 Å². The topological polar surface area (TPSA) is 95.5 Å². The molecule has 0 bridgehead atoms. The summed E-state index contributed by atoms with van der Waals surface area (Å²) in [5, 5.41) is 0.360. The van der Waals surface area contributed by atoms with Crippen LogP contribution in [0.2, 0.25) is 5.02 Å². The number of halogens is 2. The second-order valence-electron chi connectivity index (χ2n) is 6.76. The third kappa shape index (κ3) is 5.00. The second-order valence-corrected chi connectivity index (χ2v) is 8.74. The first-order valence-corrected chi connectivity index (χ1v) is 10.9. The van der Waals surface area contributed by atoms with Crippen LogP contribution in [-0.2, 0) is 14.9 Å². The summed E-state index contributed by atoms with van der Waals surface area (Å²) in [4.78, 5) is 20.7. The summed E-state index contributed by atoms with van der Waals surface area (Å²) >= 11 is 5.81. The van der Waals surface area contributed by atoms with E-state index in [0.717, 1.165) is 0 Å². The first kappa shape index (κ1) is 22.6. The van der Waals surface area contributed by atoms with E-state index in [4.69, 9.17) is 20.5 Å². The van der Waals surface area contributed by atoms with E-state index in [9.17, 15) is 17.6 Å². The largest absolute Gasteiger partial charge is 0.465 e. The molecule has 0 N–H and O–H groups in total. The monoisotopic (exact) mass is 464 g/mol. The van der Waals surface area contributed by atoms with Crippen LogP contribution in [-0.4, -0.2) is 31.5 Å². The van der Waals surface area contributed by atoms with Crippen LogP contribution in [0.5, 0.6) is 6.01 Å². The van der Waals surface area contributed by atoms with Crippen molar-refractivity contribution in [3.05, 3.63) is 70.6 Å². The predicted octanol–water partition coefficient (Wildman–Crippen LogP) is 4.61. The van der Waals surface area contributed by atoms with Crippen LogP contribution in [0.1, 0.15) is 35.8 Å². The molecule has 0 unspecified atom stereocenters. The van der Waals surface area contributed by atoms with Crippen LogP contribution >= 0.6 is 11.6 Å². The molecule has 0 spiro atoms. The van der Waals surface area contributed by atoms with Crippen molar-refractivity contribution in [2.75, 3.05) is 7.11 Å². The Balaban J connectivity index is 2.18. The molecule has 0 amide bonds. The number of methoxy groups -OCH3 is 1. The number of nitrogens with zero attached hydrogens (tertiary/aromatic N) is 2. The zero-order valence-electron chi connectivity index (χ0n) is 16.8. The van der Waals surface area contributed by atoms with Gasteiger partial charge in [0.2, 0.25) is 0 Å². The number of hydrogen-bond donors (Lipinski definition) is 0. The highest BCUT2D eigenvalue weighted by Crippen LogP contribution is 2.31. The average molecular weight is 465 g/mol. The van der Waals surface area contributed by atoms with Crippen molar-refractivity contribution in [1.29, 1.82) is 0 Å².